The minimum Gasteiger partial charge on any atom is -0.225 e. The predicted molar refractivity (Wildman–Crippen MR) is 89.8 cm³/mol. The van der Waals surface area contributed by atoms with Gasteiger partial charge in [-0.05, 0) is 60.3 Å². The number of benzene rings is 1. The molecule has 3 nitrogen and oxygen atoms in total. The summed E-state index contributed by atoms with van der Waals surface area (Å²) in [6.07, 6.45) is 6.79. The summed E-state index contributed by atoms with van der Waals surface area (Å²) in [6.45, 7) is 2.16. The Morgan fingerprint density at radius 2 is 1.86 bits per heavy atom. The molecule has 2 N–H and O–H groups in total. The van der Waals surface area contributed by atoms with Crippen LogP contribution in [-0.4, -0.2) is 8.42 Å². The van der Waals surface area contributed by atoms with Crippen LogP contribution < -0.4 is 5.14 Å². The minimum absolute atomic E-state index is 0.159. The van der Waals surface area contributed by atoms with Crippen LogP contribution in [0.15, 0.2) is 46.3 Å². The molecule has 3 rings (SSSR count). The van der Waals surface area contributed by atoms with Gasteiger partial charge in [0.1, 0.15) is 0 Å². The number of hydrogen-bond donors (Lipinski definition) is 1. The Kier molecular flexibility index (Phi) is 3.96. The molecule has 0 aliphatic heterocycles. The molecular weight excluding hydrogens is 318 g/mol. The van der Waals surface area contributed by atoms with E-state index in [1.165, 1.54) is 24.0 Å². The monoisotopic (exact) mass is 337 g/mol. The van der Waals surface area contributed by atoms with Crippen molar-refractivity contribution in [3.05, 3.63) is 47.0 Å². The number of nitrogens with two attached hydrogens (primary N) is 1. The highest BCUT2D eigenvalue weighted by atomic mass is 35.5. The Balaban J connectivity index is 1.98. The van der Waals surface area contributed by atoms with Crippen LogP contribution in [0.25, 0.3) is 5.57 Å². The van der Waals surface area contributed by atoms with Gasteiger partial charge in [-0.25, -0.2) is 13.6 Å². The van der Waals surface area contributed by atoms with Crippen molar-refractivity contribution in [1.82, 2.24) is 0 Å². The molecule has 1 saturated carbocycles. The molecular formula is C17H20ClNO2S. The van der Waals surface area contributed by atoms with E-state index in [0.29, 0.717) is 11.3 Å². The molecule has 1 unspecified atom stereocenters. The van der Waals surface area contributed by atoms with E-state index in [4.69, 9.17) is 16.7 Å². The van der Waals surface area contributed by atoms with Gasteiger partial charge in [0, 0.05) is 5.54 Å². The number of allylic oxidation sites excluding steroid dienone is 3. The molecule has 0 heterocycles. The first-order valence-electron chi connectivity index (χ1n) is 7.47. The van der Waals surface area contributed by atoms with Gasteiger partial charge < -0.3 is 0 Å². The summed E-state index contributed by atoms with van der Waals surface area (Å²) in [5.41, 5.74) is 5.91. The SMILES string of the molecule is CC(/C=C/Cl)C1=C(c2ccc(S(N)(=O)=O)cc2)CC2(CC2)C1. The number of sulfonamides is 1. The van der Waals surface area contributed by atoms with E-state index < -0.39 is 10.0 Å². The summed E-state index contributed by atoms with van der Waals surface area (Å²) in [4.78, 5) is 0.159. The van der Waals surface area contributed by atoms with E-state index in [2.05, 4.69) is 6.92 Å². The van der Waals surface area contributed by atoms with Crippen molar-refractivity contribution in [3.8, 4) is 0 Å². The third-order valence-corrected chi connectivity index (χ3v) is 5.98. The molecule has 2 aliphatic rings. The molecule has 1 aromatic carbocycles. The van der Waals surface area contributed by atoms with Crippen LogP contribution in [0.2, 0.25) is 0 Å². The van der Waals surface area contributed by atoms with E-state index in [0.717, 1.165) is 18.4 Å². The van der Waals surface area contributed by atoms with Crippen molar-refractivity contribution in [2.75, 3.05) is 0 Å². The molecule has 0 aromatic heterocycles. The van der Waals surface area contributed by atoms with E-state index in [1.807, 2.05) is 18.2 Å². The third-order valence-electron chi connectivity index (χ3n) is 4.90. The molecule has 118 valence electrons. The third kappa shape index (κ3) is 3.00. The maximum atomic E-state index is 11.4. The van der Waals surface area contributed by atoms with Crippen LogP contribution >= 0.6 is 11.6 Å². The molecule has 5 heteroatoms. The van der Waals surface area contributed by atoms with Crippen molar-refractivity contribution in [3.63, 3.8) is 0 Å². The minimum atomic E-state index is -3.64. The van der Waals surface area contributed by atoms with Gasteiger partial charge in [0.2, 0.25) is 10.0 Å². The molecule has 0 amide bonds. The fraction of sp³-hybridized carbons (Fsp3) is 0.412. The quantitative estimate of drug-likeness (QED) is 0.900. The van der Waals surface area contributed by atoms with Crippen molar-refractivity contribution in [2.24, 2.45) is 16.5 Å². The molecule has 1 atom stereocenters. The van der Waals surface area contributed by atoms with Gasteiger partial charge in [-0.1, -0.05) is 42.3 Å². The molecule has 0 bridgehead atoms. The maximum absolute atomic E-state index is 11.4. The van der Waals surface area contributed by atoms with Gasteiger partial charge in [-0.3, -0.25) is 0 Å². The van der Waals surface area contributed by atoms with E-state index in [9.17, 15) is 8.42 Å². The zero-order chi connectivity index (χ0) is 16.0. The summed E-state index contributed by atoms with van der Waals surface area (Å²) in [5, 5.41) is 5.16. The van der Waals surface area contributed by atoms with Crippen LogP contribution in [0.4, 0.5) is 0 Å². The molecule has 0 radical (unpaired) electrons. The van der Waals surface area contributed by atoms with Gasteiger partial charge in [-0.2, -0.15) is 0 Å². The van der Waals surface area contributed by atoms with E-state index in [-0.39, 0.29) is 4.90 Å². The van der Waals surface area contributed by atoms with Crippen molar-refractivity contribution < 1.29 is 8.42 Å². The Hall–Kier alpha value is -1.10. The van der Waals surface area contributed by atoms with E-state index >= 15 is 0 Å². The standard InChI is InChI=1S/C17H20ClNO2S/c1-12(6-9-18)15-10-17(7-8-17)11-16(15)13-2-4-14(5-3-13)22(19,20)21/h2-6,9,12H,7-8,10-11H2,1H3,(H2,19,20,21)/b9-6+. The predicted octanol–water partition coefficient (Wildman–Crippen LogP) is 4.05. The number of rotatable bonds is 4. The lowest BCUT2D eigenvalue weighted by atomic mass is 9.93. The summed E-state index contributed by atoms with van der Waals surface area (Å²) < 4.78 is 22.8. The first kappa shape index (κ1) is 15.8. The number of hydrogen-bond acceptors (Lipinski definition) is 2. The lowest BCUT2D eigenvalue weighted by molar-refractivity contribution is 0.539. The number of halogens is 1. The van der Waals surface area contributed by atoms with Crippen molar-refractivity contribution in [2.45, 2.75) is 37.5 Å². The maximum Gasteiger partial charge on any atom is 0.238 e. The largest absolute Gasteiger partial charge is 0.238 e. The van der Waals surface area contributed by atoms with Crippen LogP contribution in [0.3, 0.4) is 0 Å². The zero-order valence-electron chi connectivity index (χ0n) is 12.5. The van der Waals surface area contributed by atoms with Gasteiger partial charge in [-0.15, -0.1) is 0 Å². The molecule has 1 fully saturated rings. The van der Waals surface area contributed by atoms with Crippen molar-refractivity contribution >= 4 is 27.2 Å². The highest BCUT2D eigenvalue weighted by Crippen LogP contribution is 2.62. The molecule has 1 spiro atoms. The first-order valence-corrected chi connectivity index (χ1v) is 9.45. The normalized spacial score (nSPS) is 21.8. The molecule has 1 aromatic rings. The second-order valence-corrected chi connectivity index (χ2v) is 8.35. The van der Waals surface area contributed by atoms with Crippen LogP contribution in [0, 0.1) is 11.3 Å². The lowest BCUT2D eigenvalue weighted by Gasteiger charge is -2.12. The fourth-order valence-corrected chi connectivity index (χ4v) is 4.12. The molecule has 2 aliphatic carbocycles. The molecule has 0 saturated heterocycles. The van der Waals surface area contributed by atoms with Gasteiger partial charge in [0.05, 0.1) is 4.90 Å². The zero-order valence-corrected chi connectivity index (χ0v) is 14.1. The molecule has 22 heavy (non-hydrogen) atoms. The average Bonchev–Trinajstić information content (AvgIpc) is 3.09. The Labute approximate surface area is 136 Å². The fourth-order valence-electron chi connectivity index (χ4n) is 3.39. The Morgan fingerprint density at radius 1 is 1.23 bits per heavy atom. The summed E-state index contributed by atoms with van der Waals surface area (Å²) >= 11 is 5.74. The summed E-state index contributed by atoms with van der Waals surface area (Å²) in [5.74, 6) is 0.311. The van der Waals surface area contributed by atoms with Crippen LogP contribution in [0.5, 0.6) is 0 Å². The average molecular weight is 338 g/mol. The highest BCUT2D eigenvalue weighted by Gasteiger charge is 2.48. The van der Waals surface area contributed by atoms with E-state index in [1.54, 1.807) is 17.7 Å². The lowest BCUT2D eigenvalue weighted by Crippen LogP contribution is -2.11. The Morgan fingerprint density at radius 3 is 2.36 bits per heavy atom. The van der Waals surface area contributed by atoms with Crippen LogP contribution in [0.1, 0.15) is 38.2 Å². The van der Waals surface area contributed by atoms with Crippen molar-refractivity contribution in [1.29, 1.82) is 0 Å². The second kappa shape index (κ2) is 5.52. The Bertz CT molecular complexity index is 743. The van der Waals surface area contributed by atoms with Gasteiger partial charge in [0.15, 0.2) is 0 Å². The summed E-state index contributed by atoms with van der Waals surface area (Å²) in [7, 11) is -3.64. The highest BCUT2D eigenvalue weighted by molar-refractivity contribution is 7.89. The van der Waals surface area contributed by atoms with Gasteiger partial charge in [0.25, 0.3) is 0 Å². The summed E-state index contributed by atoms with van der Waals surface area (Å²) in [6, 6.07) is 6.92. The van der Waals surface area contributed by atoms with Gasteiger partial charge >= 0.3 is 0 Å². The number of primary sulfonamides is 1. The first-order chi connectivity index (χ1) is 10.3. The topological polar surface area (TPSA) is 60.2 Å². The smallest absolute Gasteiger partial charge is 0.225 e. The second-order valence-electron chi connectivity index (χ2n) is 6.53. The van der Waals surface area contributed by atoms with Crippen LogP contribution in [-0.2, 0) is 10.0 Å².